The summed E-state index contributed by atoms with van der Waals surface area (Å²) < 4.78 is 0. The molecule has 4 rings (SSSR count). The molecule has 1 saturated heterocycles. The van der Waals surface area contributed by atoms with Crippen LogP contribution in [0, 0.1) is 0 Å². The van der Waals surface area contributed by atoms with Crippen molar-refractivity contribution in [1.29, 1.82) is 0 Å². The van der Waals surface area contributed by atoms with Crippen molar-refractivity contribution in [1.82, 2.24) is 15.0 Å². The molecular formula is C19H18N4O2. The number of hydrogen-bond acceptors (Lipinski definition) is 4. The normalized spacial score (nSPS) is 17.0. The second-order valence-corrected chi connectivity index (χ2v) is 6.14. The lowest BCUT2D eigenvalue weighted by Gasteiger charge is -2.16. The average Bonchev–Trinajstić information content (AvgIpc) is 3.30. The van der Waals surface area contributed by atoms with E-state index >= 15 is 0 Å². The van der Waals surface area contributed by atoms with Crippen LogP contribution in [0.3, 0.4) is 0 Å². The number of aromatic carboxylic acids is 1. The fourth-order valence-corrected chi connectivity index (χ4v) is 3.28. The third-order valence-electron chi connectivity index (χ3n) is 4.54. The number of benzene rings is 2. The van der Waals surface area contributed by atoms with Gasteiger partial charge in [-0.1, -0.05) is 48.5 Å². The van der Waals surface area contributed by atoms with Crippen LogP contribution in [0.4, 0.5) is 5.82 Å². The smallest absolute Gasteiger partial charge is 0.360 e. The lowest BCUT2D eigenvalue weighted by atomic mass is 9.99. The van der Waals surface area contributed by atoms with E-state index in [0.717, 1.165) is 25.2 Å². The van der Waals surface area contributed by atoms with Crippen LogP contribution in [0.5, 0.6) is 0 Å². The molecule has 0 spiro atoms. The van der Waals surface area contributed by atoms with Gasteiger partial charge in [0.05, 0.1) is 5.69 Å². The first-order valence-corrected chi connectivity index (χ1v) is 8.28. The summed E-state index contributed by atoms with van der Waals surface area (Å²) in [4.78, 5) is 15.1. The Hall–Kier alpha value is -3.15. The molecule has 1 aliphatic rings. The Morgan fingerprint density at radius 3 is 2.36 bits per heavy atom. The van der Waals surface area contributed by atoms with Crippen LogP contribution in [-0.2, 0) is 0 Å². The van der Waals surface area contributed by atoms with E-state index in [4.69, 9.17) is 0 Å². The SMILES string of the molecule is O=C(O)c1nn(-c2ccccc2)nc1N1CC[C@H](c2ccccc2)C1. The summed E-state index contributed by atoms with van der Waals surface area (Å²) in [6, 6.07) is 19.7. The van der Waals surface area contributed by atoms with Crippen LogP contribution in [-0.4, -0.2) is 39.2 Å². The minimum absolute atomic E-state index is 0.00225. The first kappa shape index (κ1) is 15.4. The number of para-hydroxylation sites is 1. The van der Waals surface area contributed by atoms with Crippen LogP contribution in [0.25, 0.3) is 5.69 Å². The molecule has 0 amide bonds. The topological polar surface area (TPSA) is 71.2 Å². The summed E-state index contributed by atoms with van der Waals surface area (Å²) in [6.07, 6.45) is 0.973. The zero-order valence-corrected chi connectivity index (χ0v) is 13.6. The number of anilines is 1. The Morgan fingerprint density at radius 2 is 1.68 bits per heavy atom. The van der Waals surface area contributed by atoms with Crippen LogP contribution in [0.1, 0.15) is 28.4 Å². The highest BCUT2D eigenvalue weighted by Gasteiger charge is 2.30. The predicted molar refractivity (Wildman–Crippen MR) is 94.3 cm³/mol. The predicted octanol–water partition coefficient (Wildman–Crippen LogP) is 2.96. The lowest BCUT2D eigenvalue weighted by Crippen LogP contribution is -2.22. The van der Waals surface area contributed by atoms with E-state index in [1.54, 1.807) is 0 Å². The maximum Gasteiger partial charge on any atom is 0.360 e. The maximum atomic E-state index is 11.6. The molecule has 1 fully saturated rings. The lowest BCUT2D eigenvalue weighted by molar-refractivity contribution is 0.0690. The van der Waals surface area contributed by atoms with Crippen molar-refractivity contribution in [2.75, 3.05) is 18.0 Å². The van der Waals surface area contributed by atoms with Crippen molar-refractivity contribution >= 4 is 11.8 Å². The molecule has 1 aliphatic heterocycles. The van der Waals surface area contributed by atoms with Gasteiger partial charge in [-0.05, 0) is 24.1 Å². The minimum atomic E-state index is -1.06. The van der Waals surface area contributed by atoms with E-state index < -0.39 is 5.97 Å². The molecule has 126 valence electrons. The van der Waals surface area contributed by atoms with E-state index in [1.807, 2.05) is 53.4 Å². The minimum Gasteiger partial charge on any atom is -0.476 e. The molecule has 1 N–H and O–H groups in total. The molecule has 0 radical (unpaired) electrons. The summed E-state index contributed by atoms with van der Waals surface area (Å²) in [7, 11) is 0. The first-order chi connectivity index (χ1) is 12.2. The second kappa shape index (κ2) is 6.39. The van der Waals surface area contributed by atoms with Crippen molar-refractivity contribution in [3.8, 4) is 5.69 Å². The zero-order valence-electron chi connectivity index (χ0n) is 13.6. The number of nitrogens with zero attached hydrogens (tertiary/aromatic N) is 4. The third kappa shape index (κ3) is 2.98. The van der Waals surface area contributed by atoms with Crippen LogP contribution < -0.4 is 4.90 Å². The highest BCUT2D eigenvalue weighted by atomic mass is 16.4. The Balaban J connectivity index is 1.64. The maximum absolute atomic E-state index is 11.6. The Labute approximate surface area is 145 Å². The fraction of sp³-hybridized carbons (Fsp3) is 0.211. The van der Waals surface area contributed by atoms with Gasteiger partial charge in [0.15, 0.2) is 5.82 Å². The molecule has 0 aliphatic carbocycles. The fourth-order valence-electron chi connectivity index (χ4n) is 3.28. The largest absolute Gasteiger partial charge is 0.476 e. The monoisotopic (exact) mass is 334 g/mol. The van der Waals surface area contributed by atoms with Gasteiger partial charge in [0, 0.05) is 19.0 Å². The standard InChI is InChI=1S/C19H18N4O2/c24-19(25)17-18(21-23(20-17)16-9-5-2-6-10-16)22-12-11-15(13-22)14-7-3-1-4-8-14/h1-10,15H,11-13H2,(H,24,25)/t15-/m0/s1. The second-order valence-electron chi connectivity index (χ2n) is 6.14. The average molecular weight is 334 g/mol. The molecule has 2 aromatic carbocycles. The Kier molecular flexibility index (Phi) is 3.93. The molecule has 6 nitrogen and oxygen atoms in total. The number of carboxylic acids is 1. The van der Waals surface area contributed by atoms with E-state index in [2.05, 4.69) is 22.3 Å². The first-order valence-electron chi connectivity index (χ1n) is 8.28. The van der Waals surface area contributed by atoms with Crippen LogP contribution in [0.2, 0.25) is 0 Å². The molecule has 6 heteroatoms. The van der Waals surface area contributed by atoms with Gasteiger partial charge in [-0.3, -0.25) is 0 Å². The van der Waals surface area contributed by atoms with Crippen LogP contribution >= 0.6 is 0 Å². The number of aromatic nitrogens is 3. The molecule has 1 atom stereocenters. The number of carbonyl (C=O) groups is 1. The highest BCUT2D eigenvalue weighted by Crippen LogP contribution is 2.31. The molecule has 0 saturated carbocycles. The number of rotatable bonds is 4. The summed E-state index contributed by atoms with van der Waals surface area (Å²) in [5.74, 6) is -0.236. The van der Waals surface area contributed by atoms with Gasteiger partial charge in [-0.15, -0.1) is 15.0 Å². The van der Waals surface area contributed by atoms with Crippen molar-refractivity contribution in [2.24, 2.45) is 0 Å². The molecule has 0 unspecified atom stereocenters. The van der Waals surface area contributed by atoms with Gasteiger partial charge in [-0.25, -0.2) is 4.79 Å². The van der Waals surface area contributed by atoms with Crippen molar-refractivity contribution < 1.29 is 9.90 Å². The zero-order chi connectivity index (χ0) is 17.2. The van der Waals surface area contributed by atoms with Crippen molar-refractivity contribution in [3.63, 3.8) is 0 Å². The van der Waals surface area contributed by atoms with Crippen molar-refractivity contribution in [3.05, 3.63) is 71.9 Å². The van der Waals surface area contributed by atoms with Gasteiger partial charge in [0.2, 0.25) is 5.69 Å². The molecule has 3 aromatic rings. The van der Waals surface area contributed by atoms with Gasteiger partial charge in [-0.2, -0.15) is 0 Å². The summed E-state index contributed by atoms with van der Waals surface area (Å²) in [5, 5.41) is 18.2. The van der Waals surface area contributed by atoms with E-state index in [0.29, 0.717) is 11.7 Å². The van der Waals surface area contributed by atoms with Gasteiger partial charge in [0.25, 0.3) is 0 Å². The molecule has 2 heterocycles. The third-order valence-corrected chi connectivity index (χ3v) is 4.54. The van der Waals surface area contributed by atoms with E-state index in [1.165, 1.54) is 10.4 Å². The summed E-state index contributed by atoms with van der Waals surface area (Å²) >= 11 is 0. The van der Waals surface area contributed by atoms with Crippen molar-refractivity contribution in [2.45, 2.75) is 12.3 Å². The molecule has 1 aromatic heterocycles. The molecule has 25 heavy (non-hydrogen) atoms. The Bertz CT molecular complexity index is 877. The van der Waals surface area contributed by atoms with Crippen LogP contribution in [0.15, 0.2) is 60.7 Å². The number of carboxylic acid groups (broad SMARTS) is 1. The van der Waals surface area contributed by atoms with E-state index in [9.17, 15) is 9.90 Å². The van der Waals surface area contributed by atoms with Gasteiger partial charge < -0.3 is 10.0 Å². The number of hydrogen-bond donors (Lipinski definition) is 1. The van der Waals surface area contributed by atoms with Gasteiger partial charge >= 0.3 is 5.97 Å². The van der Waals surface area contributed by atoms with Gasteiger partial charge in [0.1, 0.15) is 0 Å². The summed E-state index contributed by atoms with van der Waals surface area (Å²) in [6.45, 7) is 1.52. The van der Waals surface area contributed by atoms with E-state index in [-0.39, 0.29) is 5.69 Å². The Morgan fingerprint density at radius 1 is 1.00 bits per heavy atom. The molecular weight excluding hydrogens is 316 g/mol. The quantitative estimate of drug-likeness (QED) is 0.794. The molecule has 0 bridgehead atoms. The highest BCUT2D eigenvalue weighted by molar-refractivity contribution is 5.91. The summed E-state index contributed by atoms with van der Waals surface area (Å²) in [5.41, 5.74) is 2.02.